The Kier molecular flexibility index (Phi) is 5.74. The number of aliphatic hydroxyl groups is 1. The zero-order chi connectivity index (χ0) is 21.1. The van der Waals surface area contributed by atoms with Crippen molar-refractivity contribution in [3.05, 3.63) is 69.8 Å². The Morgan fingerprint density at radius 1 is 1.17 bits per heavy atom. The van der Waals surface area contributed by atoms with Crippen LogP contribution in [0.15, 0.2) is 57.4 Å². The number of hydrogen-bond acceptors (Lipinski definition) is 6. The third-order valence-corrected chi connectivity index (χ3v) is 5.14. The molecule has 0 amide bonds. The average Bonchev–Trinajstić information content (AvgIpc) is 3.21. The molecule has 4 N–H and O–H groups in total. The Morgan fingerprint density at radius 2 is 1.97 bits per heavy atom. The van der Waals surface area contributed by atoms with Gasteiger partial charge in [0, 0.05) is 18.6 Å². The first kappa shape index (κ1) is 20.0. The van der Waals surface area contributed by atoms with Crippen molar-refractivity contribution in [2.75, 3.05) is 13.4 Å². The predicted molar refractivity (Wildman–Crippen MR) is 112 cm³/mol. The Morgan fingerprint density at radius 3 is 2.83 bits per heavy atom. The van der Waals surface area contributed by atoms with E-state index in [0.29, 0.717) is 48.5 Å². The van der Waals surface area contributed by atoms with E-state index < -0.39 is 5.63 Å². The molecule has 156 valence electrons. The van der Waals surface area contributed by atoms with E-state index in [9.17, 15) is 9.90 Å². The molecular formula is C23H24NO6+. The van der Waals surface area contributed by atoms with E-state index in [4.69, 9.17) is 18.6 Å². The van der Waals surface area contributed by atoms with E-state index in [2.05, 4.69) is 5.73 Å². The summed E-state index contributed by atoms with van der Waals surface area (Å²) in [6.45, 7) is 2.86. The molecule has 0 saturated heterocycles. The second-order valence-corrected chi connectivity index (χ2v) is 7.15. The summed E-state index contributed by atoms with van der Waals surface area (Å²) in [4.78, 5) is 12.4. The van der Waals surface area contributed by atoms with E-state index in [0.717, 1.165) is 22.4 Å². The van der Waals surface area contributed by atoms with Crippen molar-refractivity contribution < 1.29 is 29.5 Å². The topological polar surface area (TPSA) is 106 Å². The summed E-state index contributed by atoms with van der Waals surface area (Å²) in [5.74, 6) is 1.60. The molecule has 1 aliphatic rings. The lowest BCUT2D eigenvalue weighted by molar-refractivity contribution is -0.253. The van der Waals surface area contributed by atoms with Gasteiger partial charge in [-0.25, -0.2) is 4.79 Å². The maximum atomic E-state index is 12.4. The standard InChI is InChI=1S/C23H23NO6/c1-14(21-22(24)16-5-2-3-7-18(16)30-23(21)26)17(25)6-4-10-27-12-15-8-9-19-20(11-15)29-13-28-19/h2-3,5,7-9,11,25H,4,6,10,12-13,24H2,1H3/p+1/b17-14-. The second-order valence-electron chi connectivity index (χ2n) is 7.15. The number of para-hydroxylation sites is 1. The van der Waals surface area contributed by atoms with E-state index in [1.165, 1.54) is 0 Å². The van der Waals surface area contributed by atoms with Crippen molar-refractivity contribution in [1.29, 1.82) is 0 Å². The number of aliphatic hydroxyl groups excluding tert-OH is 1. The van der Waals surface area contributed by atoms with E-state index in [-0.39, 0.29) is 12.6 Å². The molecule has 0 atom stereocenters. The van der Waals surface area contributed by atoms with Gasteiger partial charge in [-0.2, -0.15) is 0 Å². The summed E-state index contributed by atoms with van der Waals surface area (Å²) in [6.07, 6.45) is 0.998. The van der Waals surface area contributed by atoms with E-state index in [1.54, 1.807) is 19.1 Å². The highest BCUT2D eigenvalue weighted by molar-refractivity contribution is 5.91. The lowest BCUT2D eigenvalue weighted by Gasteiger charge is -2.09. The lowest BCUT2D eigenvalue weighted by atomic mass is 10.0. The van der Waals surface area contributed by atoms with Gasteiger partial charge >= 0.3 is 5.63 Å². The summed E-state index contributed by atoms with van der Waals surface area (Å²) < 4.78 is 21.7. The molecule has 0 bridgehead atoms. The van der Waals surface area contributed by atoms with Crippen LogP contribution in [0.25, 0.3) is 16.5 Å². The number of quaternary nitrogens is 1. The Bertz CT molecular complexity index is 1160. The smallest absolute Gasteiger partial charge is 0.350 e. The van der Waals surface area contributed by atoms with Gasteiger partial charge in [-0.15, -0.1) is 0 Å². The average molecular weight is 410 g/mol. The van der Waals surface area contributed by atoms with Crippen LogP contribution < -0.4 is 20.8 Å². The molecule has 0 unspecified atom stereocenters. The SMILES string of the molecule is C/C(=C(/O)CCCOCc1ccc2c(c1)OCO2)c1c([NH3+])c2ccccc2oc1=O. The van der Waals surface area contributed by atoms with Crippen LogP contribution in [0.2, 0.25) is 0 Å². The van der Waals surface area contributed by atoms with Gasteiger partial charge in [-0.05, 0) is 43.2 Å². The molecule has 1 aliphatic heterocycles. The van der Waals surface area contributed by atoms with Crippen molar-refractivity contribution in [3.63, 3.8) is 0 Å². The number of ether oxygens (including phenoxy) is 3. The van der Waals surface area contributed by atoms with Crippen LogP contribution in [-0.2, 0) is 11.3 Å². The lowest BCUT2D eigenvalue weighted by Crippen LogP contribution is -2.43. The van der Waals surface area contributed by atoms with Gasteiger partial charge in [0.05, 0.1) is 17.8 Å². The summed E-state index contributed by atoms with van der Waals surface area (Å²) in [6, 6.07) is 12.9. The molecule has 1 aromatic heterocycles. The van der Waals surface area contributed by atoms with E-state index >= 15 is 0 Å². The Hall–Kier alpha value is -3.29. The predicted octanol–water partition coefficient (Wildman–Crippen LogP) is 3.68. The summed E-state index contributed by atoms with van der Waals surface area (Å²) in [7, 11) is 0. The summed E-state index contributed by atoms with van der Waals surface area (Å²) >= 11 is 0. The molecule has 0 spiro atoms. The number of allylic oxidation sites excluding steroid dienone is 2. The van der Waals surface area contributed by atoms with Crippen LogP contribution in [0.3, 0.4) is 0 Å². The molecule has 0 aliphatic carbocycles. The molecule has 30 heavy (non-hydrogen) atoms. The first-order valence-corrected chi connectivity index (χ1v) is 9.77. The number of rotatable bonds is 7. The van der Waals surface area contributed by atoms with Crippen molar-refractivity contribution in [1.82, 2.24) is 0 Å². The molecule has 3 aromatic rings. The van der Waals surface area contributed by atoms with Crippen molar-refractivity contribution in [2.24, 2.45) is 0 Å². The molecule has 4 rings (SSSR count). The van der Waals surface area contributed by atoms with Crippen molar-refractivity contribution in [3.8, 4) is 11.5 Å². The largest absolute Gasteiger partial charge is 0.512 e. The van der Waals surface area contributed by atoms with Crippen molar-refractivity contribution >= 4 is 22.2 Å². The third-order valence-electron chi connectivity index (χ3n) is 5.14. The molecule has 2 aromatic carbocycles. The quantitative estimate of drug-likeness (QED) is 0.350. The van der Waals surface area contributed by atoms with Gasteiger partial charge < -0.3 is 29.5 Å². The second kappa shape index (κ2) is 8.61. The first-order valence-electron chi connectivity index (χ1n) is 9.77. The highest BCUT2D eigenvalue weighted by Gasteiger charge is 2.19. The van der Waals surface area contributed by atoms with Gasteiger partial charge in [0.2, 0.25) is 6.79 Å². The Labute approximate surface area is 173 Å². The first-order chi connectivity index (χ1) is 14.5. The van der Waals surface area contributed by atoms with Crippen LogP contribution in [0.1, 0.15) is 30.9 Å². The van der Waals surface area contributed by atoms with Crippen molar-refractivity contribution in [2.45, 2.75) is 26.4 Å². The van der Waals surface area contributed by atoms with Gasteiger partial charge in [0.25, 0.3) is 0 Å². The minimum Gasteiger partial charge on any atom is -0.512 e. The minimum absolute atomic E-state index is 0.133. The number of hydrogen-bond donors (Lipinski definition) is 2. The molecule has 0 radical (unpaired) electrons. The highest BCUT2D eigenvalue weighted by Crippen LogP contribution is 2.32. The van der Waals surface area contributed by atoms with Gasteiger partial charge in [0.15, 0.2) is 17.2 Å². The monoisotopic (exact) mass is 410 g/mol. The van der Waals surface area contributed by atoms with Crippen LogP contribution in [-0.4, -0.2) is 18.5 Å². The maximum absolute atomic E-state index is 12.4. The fourth-order valence-electron chi connectivity index (χ4n) is 3.49. The normalized spacial score (nSPS) is 13.5. The zero-order valence-corrected chi connectivity index (χ0v) is 16.8. The third kappa shape index (κ3) is 4.03. The molecule has 2 heterocycles. The fraction of sp³-hybridized carbons (Fsp3) is 0.261. The zero-order valence-electron chi connectivity index (χ0n) is 16.8. The van der Waals surface area contributed by atoms with Crippen LogP contribution >= 0.6 is 0 Å². The van der Waals surface area contributed by atoms with Gasteiger partial charge in [-0.3, -0.25) is 0 Å². The molecule has 7 heteroatoms. The van der Waals surface area contributed by atoms with Crippen LogP contribution in [0.5, 0.6) is 11.5 Å². The summed E-state index contributed by atoms with van der Waals surface area (Å²) in [5, 5.41) is 11.3. The van der Waals surface area contributed by atoms with Gasteiger partial charge in [0.1, 0.15) is 11.1 Å². The molecule has 7 nitrogen and oxygen atoms in total. The van der Waals surface area contributed by atoms with Gasteiger partial charge in [-0.1, -0.05) is 18.2 Å². The maximum Gasteiger partial charge on any atom is 0.350 e. The highest BCUT2D eigenvalue weighted by atomic mass is 16.7. The van der Waals surface area contributed by atoms with E-state index in [1.807, 2.05) is 30.3 Å². The molecule has 0 fully saturated rings. The van der Waals surface area contributed by atoms with Crippen LogP contribution in [0.4, 0.5) is 5.69 Å². The summed E-state index contributed by atoms with van der Waals surface area (Å²) in [5.41, 5.74) is 6.37. The molecular weight excluding hydrogens is 386 g/mol. The van der Waals surface area contributed by atoms with Crippen LogP contribution in [0, 0.1) is 0 Å². The molecule has 0 saturated carbocycles. The fourth-order valence-corrected chi connectivity index (χ4v) is 3.49. The minimum atomic E-state index is -0.498. The number of benzene rings is 2. The Balaban J connectivity index is 1.37. The number of fused-ring (bicyclic) bond motifs is 2.